The number of carbonyl (C=O) groups is 1. The zero-order valence-corrected chi connectivity index (χ0v) is 17.3. The summed E-state index contributed by atoms with van der Waals surface area (Å²) in [5, 5.41) is 3.53. The average Bonchev–Trinajstić information content (AvgIpc) is 2.62. The smallest absolute Gasteiger partial charge is 0.410 e. The summed E-state index contributed by atoms with van der Waals surface area (Å²) >= 11 is 0. The van der Waals surface area contributed by atoms with Gasteiger partial charge in [-0.15, -0.1) is 0 Å². The number of ether oxygens (including phenoxy) is 3. The Morgan fingerprint density at radius 3 is 2.56 bits per heavy atom. The molecule has 1 amide bonds. The van der Waals surface area contributed by atoms with Crippen molar-refractivity contribution >= 4 is 6.09 Å². The minimum absolute atomic E-state index is 0.202. The quantitative estimate of drug-likeness (QED) is 0.781. The number of piperidine rings is 1. The van der Waals surface area contributed by atoms with Gasteiger partial charge in [-0.25, -0.2) is 4.79 Å². The molecular formula is C21H34N2O4. The van der Waals surface area contributed by atoms with E-state index >= 15 is 0 Å². The predicted octanol–water partition coefficient (Wildman–Crippen LogP) is 3.83. The van der Waals surface area contributed by atoms with Crippen molar-refractivity contribution in [2.24, 2.45) is 5.92 Å². The van der Waals surface area contributed by atoms with Crippen LogP contribution in [0.4, 0.5) is 4.79 Å². The Labute approximate surface area is 163 Å². The molecule has 152 valence electrons. The number of methoxy groups -OCH3 is 1. The predicted molar refractivity (Wildman–Crippen MR) is 106 cm³/mol. The van der Waals surface area contributed by atoms with E-state index in [4.69, 9.17) is 14.2 Å². The minimum Gasteiger partial charge on any atom is -0.497 e. The molecule has 6 nitrogen and oxygen atoms in total. The van der Waals surface area contributed by atoms with Crippen LogP contribution >= 0.6 is 0 Å². The number of nitrogens with one attached hydrogen (secondary N) is 1. The fourth-order valence-electron chi connectivity index (χ4n) is 3.17. The first-order valence-corrected chi connectivity index (χ1v) is 9.80. The number of likely N-dealkylation sites (tertiary alicyclic amines) is 1. The summed E-state index contributed by atoms with van der Waals surface area (Å²) in [6, 6.07) is 5.89. The van der Waals surface area contributed by atoms with Crippen LogP contribution in [0.3, 0.4) is 0 Å². The van der Waals surface area contributed by atoms with Crippen molar-refractivity contribution in [2.75, 3.05) is 33.4 Å². The Balaban J connectivity index is 1.78. The van der Waals surface area contributed by atoms with Gasteiger partial charge in [-0.05, 0) is 71.2 Å². The molecule has 0 bridgehead atoms. The van der Waals surface area contributed by atoms with E-state index in [9.17, 15) is 4.79 Å². The summed E-state index contributed by atoms with van der Waals surface area (Å²) in [6.07, 6.45) is 1.78. The van der Waals surface area contributed by atoms with Gasteiger partial charge < -0.3 is 24.4 Å². The fourth-order valence-corrected chi connectivity index (χ4v) is 3.17. The van der Waals surface area contributed by atoms with E-state index in [1.165, 1.54) is 0 Å². The van der Waals surface area contributed by atoms with Gasteiger partial charge in [0.2, 0.25) is 0 Å². The van der Waals surface area contributed by atoms with Gasteiger partial charge in [-0.1, -0.05) is 0 Å². The van der Waals surface area contributed by atoms with Gasteiger partial charge in [0.25, 0.3) is 0 Å². The lowest BCUT2D eigenvalue weighted by Gasteiger charge is -2.33. The Morgan fingerprint density at radius 1 is 1.26 bits per heavy atom. The molecular weight excluding hydrogens is 344 g/mol. The number of hydrogen-bond acceptors (Lipinski definition) is 5. The first-order valence-electron chi connectivity index (χ1n) is 9.80. The molecule has 1 heterocycles. The average molecular weight is 379 g/mol. The fraction of sp³-hybridized carbons (Fsp3) is 0.667. The molecule has 1 aliphatic heterocycles. The molecule has 0 radical (unpaired) electrons. The van der Waals surface area contributed by atoms with E-state index < -0.39 is 5.60 Å². The van der Waals surface area contributed by atoms with Crippen LogP contribution in [0.1, 0.15) is 46.1 Å². The summed E-state index contributed by atoms with van der Waals surface area (Å²) in [5.41, 5.74) is 0.659. The van der Waals surface area contributed by atoms with Gasteiger partial charge in [0, 0.05) is 25.2 Å². The number of nitrogens with zero attached hydrogens (tertiary/aromatic N) is 1. The summed E-state index contributed by atoms with van der Waals surface area (Å²) in [4.78, 5) is 14.0. The lowest BCUT2D eigenvalue weighted by molar-refractivity contribution is 0.0184. The molecule has 0 saturated carbocycles. The first-order chi connectivity index (χ1) is 12.8. The van der Waals surface area contributed by atoms with Gasteiger partial charge >= 0.3 is 6.09 Å². The van der Waals surface area contributed by atoms with Crippen molar-refractivity contribution in [2.45, 2.75) is 52.7 Å². The highest BCUT2D eigenvalue weighted by molar-refractivity contribution is 5.68. The van der Waals surface area contributed by atoms with Crippen molar-refractivity contribution in [1.82, 2.24) is 10.2 Å². The third kappa shape index (κ3) is 6.94. The van der Waals surface area contributed by atoms with Crippen molar-refractivity contribution in [3.8, 4) is 11.5 Å². The Bertz CT molecular complexity index is 605. The van der Waals surface area contributed by atoms with Gasteiger partial charge in [-0.2, -0.15) is 0 Å². The number of amides is 1. The zero-order chi connectivity index (χ0) is 19.9. The highest BCUT2D eigenvalue weighted by Gasteiger charge is 2.26. The second-order valence-electron chi connectivity index (χ2n) is 7.95. The van der Waals surface area contributed by atoms with Crippen molar-refractivity contribution < 1.29 is 19.0 Å². The van der Waals surface area contributed by atoms with E-state index in [0.717, 1.165) is 56.1 Å². The van der Waals surface area contributed by atoms with Gasteiger partial charge in [-0.3, -0.25) is 0 Å². The van der Waals surface area contributed by atoms with Crippen LogP contribution in [0.25, 0.3) is 0 Å². The molecule has 1 aromatic rings. The van der Waals surface area contributed by atoms with Crippen LogP contribution in [0, 0.1) is 5.92 Å². The molecule has 1 saturated heterocycles. The second-order valence-corrected chi connectivity index (χ2v) is 7.95. The van der Waals surface area contributed by atoms with Crippen LogP contribution in [-0.2, 0) is 11.3 Å². The lowest BCUT2D eigenvalue weighted by Crippen LogP contribution is -2.43. The zero-order valence-electron chi connectivity index (χ0n) is 17.3. The number of carbonyl (C=O) groups excluding carboxylic acids is 1. The van der Waals surface area contributed by atoms with Crippen molar-refractivity contribution in [1.29, 1.82) is 0 Å². The summed E-state index contributed by atoms with van der Waals surface area (Å²) in [5.74, 6) is 2.29. The molecule has 1 N–H and O–H groups in total. The van der Waals surface area contributed by atoms with Gasteiger partial charge in [0.1, 0.15) is 17.1 Å². The molecule has 2 rings (SSSR count). The van der Waals surface area contributed by atoms with Crippen LogP contribution in [0.2, 0.25) is 0 Å². The minimum atomic E-state index is -0.440. The van der Waals surface area contributed by atoms with Gasteiger partial charge in [0.05, 0.1) is 13.7 Å². The van der Waals surface area contributed by atoms with Crippen LogP contribution in [0.5, 0.6) is 11.5 Å². The van der Waals surface area contributed by atoms with E-state index in [1.807, 2.05) is 50.8 Å². The SMILES string of the molecule is CCOc1ccc(OC)cc1CNCC1CCN(C(=O)OC(C)(C)C)CC1. The largest absolute Gasteiger partial charge is 0.497 e. The molecule has 0 aromatic heterocycles. The maximum atomic E-state index is 12.1. The molecule has 0 aliphatic carbocycles. The molecule has 27 heavy (non-hydrogen) atoms. The molecule has 1 fully saturated rings. The van der Waals surface area contributed by atoms with Crippen molar-refractivity contribution in [3.63, 3.8) is 0 Å². The Hall–Kier alpha value is -1.95. The Morgan fingerprint density at radius 2 is 1.96 bits per heavy atom. The van der Waals surface area contributed by atoms with Crippen molar-refractivity contribution in [3.05, 3.63) is 23.8 Å². The highest BCUT2D eigenvalue weighted by Crippen LogP contribution is 2.25. The first kappa shape index (κ1) is 21.4. The molecule has 1 aliphatic rings. The summed E-state index contributed by atoms with van der Waals surface area (Å²) in [6.45, 7) is 11.5. The maximum Gasteiger partial charge on any atom is 0.410 e. The molecule has 1 aromatic carbocycles. The lowest BCUT2D eigenvalue weighted by atomic mass is 9.97. The number of hydrogen-bond donors (Lipinski definition) is 1. The Kier molecular flexibility index (Phi) is 7.78. The van der Waals surface area contributed by atoms with E-state index in [-0.39, 0.29) is 6.09 Å². The van der Waals surface area contributed by atoms with Crippen LogP contribution in [0.15, 0.2) is 18.2 Å². The number of benzene rings is 1. The second kappa shape index (κ2) is 9.83. The molecule has 0 atom stereocenters. The van der Waals surface area contributed by atoms with E-state index in [2.05, 4.69) is 5.32 Å². The molecule has 6 heteroatoms. The normalized spacial score (nSPS) is 15.5. The topological polar surface area (TPSA) is 60.0 Å². The standard InChI is InChI=1S/C21H34N2O4/c1-6-26-19-8-7-18(25-5)13-17(19)15-22-14-16-9-11-23(12-10-16)20(24)27-21(2,3)4/h7-8,13,16,22H,6,9-12,14-15H2,1-5H3. The number of rotatable bonds is 7. The molecule has 0 spiro atoms. The van der Waals surface area contributed by atoms with E-state index in [1.54, 1.807) is 7.11 Å². The highest BCUT2D eigenvalue weighted by atomic mass is 16.6. The maximum absolute atomic E-state index is 12.1. The van der Waals surface area contributed by atoms with Gasteiger partial charge in [0.15, 0.2) is 0 Å². The monoisotopic (exact) mass is 378 g/mol. The summed E-state index contributed by atoms with van der Waals surface area (Å²) < 4.78 is 16.5. The van der Waals surface area contributed by atoms with Crippen LogP contribution in [-0.4, -0.2) is 49.9 Å². The van der Waals surface area contributed by atoms with Crippen LogP contribution < -0.4 is 14.8 Å². The van der Waals surface area contributed by atoms with E-state index in [0.29, 0.717) is 12.5 Å². The molecule has 0 unspecified atom stereocenters. The summed E-state index contributed by atoms with van der Waals surface area (Å²) in [7, 11) is 1.67. The third-order valence-electron chi connectivity index (χ3n) is 4.58. The third-order valence-corrected chi connectivity index (χ3v) is 4.58.